The lowest BCUT2D eigenvalue weighted by Crippen LogP contribution is -1.97. The van der Waals surface area contributed by atoms with Gasteiger partial charge in [0.1, 0.15) is 0 Å². The molecule has 0 saturated heterocycles. The Morgan fingerprint density at radius 3 is 2.92 bits per heavy atom. The van der Waals surface area contributed by atoms with E-state index in [9.17, 15) is 0 Å². The Balaban J connectivity index is 2.98. The molecule has 0 spiro atoms. The van der Waals surface area contributed by atoms with Crippen molar-refractivity contribution in [3.8, 4) is 0 Å². The third-order valence-corrected chi connectivity index (χ3v) is 2.43. The first-order chi connectivity index (χ1) is 6.27. The van der Waals surface area contributed by atoms with E-state index in [-0.39, 0.29) is 0 Å². The van der Waals surface area contributed by atoms with Crippen LogP contribution in [0.4, 0.5) is 5.69 Å². The second-order valence-electron chi connectivity index (χ2n) is 2.29. The molecule has 1 aromatic rings. The minimum absolute atomic E-state index is 0.591. The number of hydrogen-bond acceptors (Lipinski definition) is 2. The molecule has 4 nitrogen and oxygen atoms in total. The quantitative estimate of drug-likeness (QED) is 0.300. The van der Waals surface area contributed by atoms with Gasteiger partial charge in [0.2, 0.25) is 0 Å². The molecule has 0 amide bonds. The first kappa shape index (κ1) is 10.6. The van der Waals surface area contributed by atoms with Crippen LogP contribution >= 0.6 is 34.4 Å². The van der Waals surface area contributed by atoms with E-state index in [1.165, 1.54) is 0 Å². The Morgan fingerprint density at radius 2 is 2.38 bits per heavy atom. The van der Waals surface area contributed by atoms with Gasteiger partial charge in [0.05, 0.1) is 5.69 Å². The molecule has 0 radical (unpaired) electrons. The number of nitrogens with one attached hydrogen (secondary N) is 1. The number of azide groups is 1. The van der Waals surface area contributed by atoms with E-state index in [1.807, 2.05) is 12.1 Å². The van der Waals surface area contributed by atoms with E-state index in [2.05, 4.69) is 37.5 Å². The summed E-state index contributed by atoms with van der Waals surface area (Å²) in [5.41, 5.74) is 9.93. The monoisotopic (exact) mass is 308 g/mol. The van der Waals surface area contributed by atoms with Gasteiger partial charge in [-0.1, -0.05) is 17.2 Å². The van der Waals surface area contributed by atoms with Crippen LogP contribution in [0.1, 0.15) is 5.56 Å². The van der Waals surface area contributed by atoms with Gasteiger partial charge in [-0.25, -0.2) is 4.84 Å². The standard InChI is InChI=1S/C7H6ClIN4/c8-11-4-5-1-2-7(12-13-10)6(9)3-5/h1-3,11H,4H2. The van der Waals surface area contributed by atoms with Crippen molar-refractivity contribution >= 4 is 40.1 Å². The zero-order valence-electron chi connectivity index (χ0n) is 6.54. The van der Waals surface area contributed by atoms with E-state index in [1.54, 1.807) is 6.07 Å². The van der Waals surface area contributed by atoms with Gasteiger partial charge in [-0.2, -0.15) is 0 Å². The van der Waals surface area contributed by atoms with Crippen LogP contribution in [0.5, 0.6) is 0 Å². The van der Waals surface area contributed by atoms with Crippen LogP contribution in [0, 0.1) is 3.57 Å². The van der Waals surface area contributed by atoms with Crippen LogP contribution in [0.15, 0.2) is 23.3 Å². The highest BCUT2D eigenvalue weighted by molar-refractivity contribution is 14.1. The van der Waals surface area contributed by atoms with Gasteiger partial charge in [-0.05, 0) is 51.5 Å². The summed E-state index contributed by atoms with van der Waals surface area (Å²) >= 11 is 7.47. The largest absolute Gasteiger partial charge is 0.229 e. The second kappa shape index (κ2) is 5.29. The molecule has 6 heteroatoms. The molecule has 1 N–H and O–H groups in total. The second-order valence-corrected chi connectivity index (χ2v) is 3.72. The van der Waals surface area contributed by atoms with Crippen LogP contribution in [-0.2, 0) is 6.54 Å². The lowest BCUT2D eigenvalue weighted by Gasteiger charge is -2.01. The van der Waals surface area contributed by atoms with E-state index in [0.717, 1.165) is 9.13 Å². The topological polar surface area (TPSA) is 60.8 Å². The van der Waals surface area contributed by atoms with Crippen molar-refractivity contribution in [2.75, 3.05) is 0 Å². The predicted molar refractivity (Wildman–Crippen MR) is 60.7 cm³/mol. The Hall–Kier alpha value is -0.490. The Bertz CT molecular complexity index is 348. The maximum atomic E-state index is 8.24. The number of benzene rings is 1. The highest BCUT2D eigenvalue weighted by Gasteiger charge is 1.98. The average Bonchev–Trinajstić information content (AvgIpc) is 2.10. The van der Waals surface area contributed by atoms with Crippen LogP contribution in [-0.4, -0.2) is 0 Å². The molecular formula is C7H6ClIN4. The maximum absolute atomic E-state index is 8.24. The molecule has 0 atom stereocenters. The van der Waals surface area contributed by atoms with E-state index < -0.39 is 0 Å². The maximum Gasteiger partial charge on any atom is 0.0509 e. The molecule has 0 unspecified atom stereocenters. The third-order valence-electron chi connectivity index (χ3n) is 1.44. The Kier molecular flexibility index (Phi) is 4.31. The van der Waals surface area contributed by atoms with Gasteiger partial charge in [0, 0.05) is 15.0 Å². The van der Waals surface area contributed by atoms with E-state index in [4.69, 9.17) is 17.3 Å². The number of rotatable bonds is 3. The first-order valence-corrected chi connectivity index (χ1v) is 4.90. The molecule has 0 aromatic heterocycles. The van der Waals surface area contributed by atoms with Crippen molar-refractivity contribution < 1.29 is 0 Å². The summed E-state index contributed by atoms with van der Waals surface area (Å²) in [6.45, 7) is 0.591. The minimum atomic E-state index is 0.591. The molecule has 0 saturated carbocycles. The van der Waals surface area contributed by atoms with Gasteiger partial charge in [-0.15, -0.1) is 0 Å². The van der Waals surface area contributed by atoms with E-state index >= 15 is 0 Å². The van der Waals surface area contributed by atoms with Crippen molar-refractivity contribution in [3.63, 3.8) is 0 Å². The number of hydrogen-bond donors (Lipinski definition) is 1. The van der Waals surface area contributed by atoms with Crippen LogP contribution in [0.25, 0.3) is 10.4 Å². The van der Waals surface area contributed by atoms with Crippen LogP contribution < -0.4 is 4.84 Å². The summed E-state index contributed by atoms with van der Waals surface area (Å²) in [5.74, 6) is 0. The van der Waals surface area contributed by atoms with Crippen LogP contribution in [0.2, 0.25) is 0 Å². The average molecular weight is 309 g/mol. The smallest absolute Gasteiger partial charge is 0.0509 e. The highest BCUT2D eigenvalue weighted by atomic mass is 127. The molecule has 68 valence electrons. The summed E-state index contributed by atoms with van der Waals surface area (Å²) in [5, 5.41) is 3.53. The fourth-order valence-corrected chi connectivity index (χ4v) is 1.71. The van der Waals surface area contributed by atoms with Gasteiger partial charge in [-0.3, -0.25) is 0 Å². The Labute approximate surface area is 94.2 Å². The molecule has 0 fully saturated rings. The molecule has 0 heterocycles. The van der Waals surface area contributed by atoms with Gasteiger partial charge in [0.25, 0.3) is 0 Å². The van der Waals surface area contributed by atoms with Gasteiger partial charge in [0.15, 0.2) is 0 Å². The van der Waals surface area contributed by atoms with Crippen LogP contribution in [0.3, 0.4) is 0 Å². The summed E-state index contributed by atoms with van der Waals surface area (Å²) < 4.78 is 0.916. The predicted octanol–water partition coefficient (Wildman–Crippen LogP) is 3.48. The fourth-order valence-electron chi connectivity index (χ4n) is 0.867. The molecule has 0 aliphatic heterocycles. The highest BCUT2D eigenvalue weighted by Crippen LogP contribution is 2.22. The van der Waals surface area contributed by atoms with Crippen molar-refractivity contribution in [2.24, 2.45) is 5.11 Å². The molecule has 13 heavy (non-hydrogen) atoms. The van der Waals surface area contributed by atoms with Crippen molar-refractivity contribution in [1.29, 1.82) is 0 Å². The molecule has 0 bridgehead atoms. The van der Waals surface area contributed by atoms with Crippen molar-refractivity contribution in [1.82, 2.24) is 4.84 Å². The number of halogens is 2. The molecule has 0 aliphatic rings. The zero-order valence-corrected chi connectivity index (χ0v) is 9.45. The SMILES string of the molecule is [N-]=[N+]=Nc1ccc(CNCl)cc1I. The summed E-state index contributed by atoms with van der Waals surface area (Å²) in [4.78, 5) is 5.25. The zero-order chi connectivity index (χ0) is 9.68. The summed E-state index contributed by atoms with van der Waals surface area (Å²) in [7, 11) is 0. The van der Waals surface area contributed by atoms with Crippen molar-refractivity contribution in [2.45, 2.75) is 6.54 Å². The van der Waals surface area contributed by atoms with Gasteiger partial charge >= 0.3 is 0 Å². The molecule has 1 rings (SSSR count). The normalized spacial score (nSPS) is 9.38. The summed E-state index contributed by atoms with van der Waals surface area (Å²) in [6, 6.07) is 5.55. The molecule has 1 aromatic carbocycles. The van der Waals surface area contributed by atoms with Gasteiger partial charge < -0.3 is 0 Å². The third kappa shape index (κ3) is 3.04. The minimum Gasteiger partial charge on any atom is -0.229 e. The lowest BCUT2D eigenvalue weighted by atomic mass is 10.2. The van der Waals surface area contributed by atoms with E-state index in [0.29, 0.717) is 12.2 Å². The first-order valence-electron chi connectivity index (χ1n) is 3.45. The van der Waals surface area contributed by atoms with Crippen molar-refractivity contribution in [3.05, 3.63) is 37.8 Å². The summed E-state index contributed by atoms with van der Waals surface area (Å²) in [6.07, 6.45) is 0. The Morgan fingerprint density at radius 1 is 1.62 bits per heavy atom. The fraction of sp³-hybridized carbons (Fsp3) is 0.143. The molecular weight excluding hydrogens is 302 g/mol. The number of nitrogens with zero attached hydrogens (tertiary/aromatic N) is 3. The molecule has 0 aliphatic carbocycles. The lowest BCUT2D eigenvalue weighted by molar-refractivity contribution is 0.962.